The van der Waals surface area contributed by atoms with Gasteiger partial charge in [-0.15, -0.1) is 11.8 Å². The summed E-state index contributed by atoms with van der Waals surface area (Å²) in [7, 11) is 0. The molecule has 110 valence electrons. The number of carbonyl (C=O) groups is 2. The Morgan fingerprint density at radius 3 is 2.15 bits per heavy atom. The molecule has 0 spiro atoms. The van der Waals surface area contributed by atoms with Gasteiger partial charge in [-0.2, -0.15) is 0 Å². The number of carbonyl (C=O) groups excluding carboxylic acids is 1. The van der Waals surface area contributed by atoms with Crippen molar-refractivity contribution < 1.29 is 14.7 Å². The van der Waals surface area contributed by atoms with E-state index in [1.165, 1.54) is 32.1 Å². The van der Waals surface area contributed by atoms with Gasteiger partial charge in [-0.1, -0.05) is 0 Å². The Morgan fingerprint density at radius 2 is 1.60 bits per heavy atom. The Kier molecular flexibility index (Phi) is 3.02. The van der Waals surface area contributed by atoms with Crippen molar-refractivity contribution in [3.63, 3.8) is 0 Å². The molecule has 4 aliphatic carbocycles. The Hall–Kier alpha value is -0.710. The maximum absolute atomic E-state index is 12.9. The van der Waals surface area contributed by atoms with Gasteiger partial charge in [0.25, 0.3) is 0 Å². The van der Waals surface area contributed by atoms with Crippen LogP contribution in [0.3, 0.4) is 0 Å². The highest BCUT2D eigenvalue weighted by atomic mass is 32.2. The van der Waals surface area contributed by atoms with E-state index in [0.717, 1.165) is 11.8 Å². The molecule has 0 aromatic carbocycles. The maximum atomic E-state index is 12.9. The number of aliphatic carboxylic acids is 1. The van der Waals surface area contributed by atoms with Gasteiger partial charge < -0.3 is 10.0 Å². The van der Waals surface area contributed by atoms with E-state index in [1.807, 2.05) is 0 Å². The molecule has 5 aliphatic rings. The van der Waals surface area contributed by atoms with Gasteiger partial charge in [-0.05, 0) is 55.8 Å². The lowest BCUT2D eigenvalue weighted by molar-refractivity contribution is -0.156. The average Bonchev–Trinajstić information content (AvgIpc) is 2.86. The quantitative estimate of drug-likeness (QED) is 0.847. The monoisotopic (exact) mass is 295 g/mol. The van der Waals surface area contributed by atoms with Crippen LogP contribution in [0.25, 0.3) is 0 Å². The Balaban J connectivity index is 1.55. The molecule has 5 rings (SSSR count). The van der Waals surface area contributed by atoms with Crippen molar-refractivity contribution >= 4 is 23.6 Å². The molecule has 5 heteroatoms. The van der Waals surface area contributed by atoms with E-state index < -0.39 is 12.0 Å². The molecule has 1 aliphatic heterocycles. The summed E-state index contributed by atoms with van der Waals surface area (Å²) in [4.78, 5) is 25.9. The number of hydrogen-bond donors (Lipinski definition) is 1. The van der Waals surface area contributed by atoms with Crippen LogP contribution in [-0.2, 0) is 9.59 Å². The van der Waals surface area contributed by atoms with Crippen molar-refractivity contribution in [2.45, 2.75) is 38.1 Å². The molecule has 4 nitrogen and oxygen atoms in total. The summed E-state index contributed by atoms with van der Waals surface area (Å²) in [5.41, 5.74) is 0. The van der Waals surface area contributed by atoms with E-state index in [0.29, 0.717) is 23.5 Å². The minimum absolute atomic E-state index is 0.128. The molecule has 0 aromatic rings. The van der Waals surface area contributed by atoms with Crippen molar-refractivity contribution in [3.05, 3.63) is 0 Å². The molecule has 20 heavy (non-hydrogen) atoms. The summed E-state index contributed by atoms with van der Waals surface area (Å²) >= 11 is 1.57. The largest absolute Gasteiger partial charge is 0.480 e. The molecule has 1 unspecified atom stereocenters. The Bertz CT molecular complexity index is 424. The summed E-state index contributed by atoms with van der Waals surface area (Å²) in [6.45, 7) is 0. The number of amides is 1. The molecule has 4 bridgehead atoms. The fraction of sp³-hybridized carbons (Fsp3) is 0.867. The third kappa shape index (κ3) is 1.89. The van der Waals surface area contributed by atoms with E-state index in [2.05, 4.69) is 0 Å². The lowest BCUT2D eigenvalue weighted by Gasteiger charge is -2.54. The van der Waals surface area contributed by atoms with Crippen LogP contribution in [0.2, 0.25) is 0 Å². The highest BCUT2D eigenvalue weighted by Gasteiger charge is 2.52. The summed E-state index contributed by atoms with van der Waals surface area (Å²) in [5.74, 6) is 3.34. The first-order valence-electron chi connectivity index (χ1n) is 7.74. The van der Waals surface area contributed by atoms with E-state index in [4.69, 9.17) is 0 Å². The molecule has 5 fully saturated rings. The van der Waals surface area contributed by atoms with Crippen LogP contribution in [0.15, 0.2) is 0 Å². The van der Waals surface area contributed by atoms with Gasteiger partial charge in [0.15, 0.2) is 0 Å². The van der Waals surface area contributed by atoms with Crippen LogP contribution in [0.4, 0.5) is 0 Å². The van der Waals surface area contributed by atoms with Gasteiger partial charge in [0.1, 0.15) is 6.04 Å². The second-order valence-electron chi connectivity index (χ2n) is 7.12. The zero-order chi connectivity index (χ0) is 13.9. The van der Waals surface area contributed by atoms with Crippen LogP contribution in [-0.4, -0.2) is 39.6 Å². The topological polar surface area (TPSA) is 57.6 Å². The van der Waals surface area contributed by atoms with Gasteiger partial charge in [-0.3, -0.25) is 4.79 Å². The summed E-state index contributed by atoms with van der Waals surface area (Å²) in [5, 5.41) is 9.28. The van der Waals surface area contributed by atoms with Crippen molar-refractivity contribution in [1.29, 1.82) is 0 Å². The lowest BCUT2D eigenvalue weighted by atomic mass is 9.51. The normalized spacial score (nSPS) is 45.9. The van der Waals surface area contributed by atoms with Gasteiger partial charge in [0.2, 0.25) is 5.91 Å². The summed E-state index contributed by atoms with van der Waals surface area (Å²) < 4.78 is 0. The van der Waals surface area contributed by atoms with Crippen LogP contribution in [0, 0.1) is 29.6 Å². The second kappa shape index (κ2) is 4.65. The minimum atomic E-state index is -0.841. The first-order valence-corrected chi connectivity index (χ1v) is 8.90. The van der Waals surface area contributed by atoms with Crippen molar-refractivity contribution in [2.75, 3.05) is 11.6 Å². The molecule has 1 atom stereocenters. The molecule has 0 aromatic heterocycles. The van der Waals surface area contributed by atoms with E-state index in [9.17, 15) is 14.7 Å². The third-order valence-electron chi connectivity index (χ3n) is 5.96. The number of thioether (sulfide) groups is 1. The molecule has 1 N–H and O–H groups in total. The minimum Gasteiger partial charge on any atom is -0.480 e. The number of carboxylic acids is 1. The van der Waals surface area contributed by atoms with Gasteiger partial charge in [-0.25, -0.2) is 4.79 Å². The van der Waals surface area contributed by atoms with Crippen LogP contribution < -0.4 is 0 Å². The lowest BCUT2D eigenvalue weighted by Crippen LogP contribution is -2.54. The number of nitrogens with zero attached hydrogens (tertiary/aromatic N) is 1. The number of rotatable bonds is 2. The first-order chi connectivity index (χ1) is 9.63. The number of carboxylic acid groups (broad SMARTS) is 1. The zero-order valence-corrected chi connectivity index (χ0v) is 12.3. The van der Waals surface area contributed by atoms with Gasteiger partial charge in [0, 0.05) is 11.7 Å². The maximum Gasteiger partial charge on any atom is 0.327 e. The summed E-state index contributed by atoms with van der Waals surface area (Å²) in [6, 6.07) is -0.593. The molecular formula is C15H21NO3S. The molecule has 1 heterocycles. The average molecular weight is 295 g/mol. The van der Waals surface area contributed by atoms with Gasteiger partial charge >= 0.3 is 5.97 Å². The molecule has 1 amide bonds. The fourth-order valence-corrected chi connectivity index (χ4v) is 6.54. The third-order valence-corrected chi connectivity index (χ3v) is 6.97. The van der Waals surface area contributed by atoms with Crippen molar-refractivity contribution in [1.82, 2.24) is 4.90 Å². The molecule has 4 saturated carbocycles. The summed E-state index contributed by atoms with van der Waals surface area (Å²) in [6.07, 6.45) is 6.22. The van der Waals surface area contributed by atoms with Crippen LogP contribution >= 0.6 is 11.8 Å². The highest BCUT2D eigenvalue weighted by molar-refractivity contribution is 7.99. The molecule has 1 saturated heterocycles. The van der Waals surface area contributed by atoms with Crippen LogP contribution in [0.1, 0.15) is 32.1 Å². The van der Waals surface area contributed by atoms with E-state index >= 15 is 0 Å². The predicted molar refractivity (Wildman–Crippen MR) is 76.1 cm³/mol. The smallest absolute Gasteiger partial charge is 0.327 e. The van der Waals surface area contributed by atoms with Gasteiger partial charge in [0.05, 0.1) is 5.88 Å². The van der Waals surface area contributed by atoms with Crippen LogP contribution in [0.5, 0.6) is 0 Å². The predicted octanol–water partition coefficient (Wildman–Crippen LogP) is 2.04. The highest BCUT2D eigenvalue weighted by Crippen LogP contribution is 2.57. The van der Waals surface area contributed by atoms with E-state index in [1.54, 1.807) is 16.7 Å². The SMILES string of the molecule is O=C(O)C1CSCN1C(=O)C1C2CC3CC(C2)CC1C3. The standard InChI is InChI=1S/C15H21NO3S/c17-14(16-7-20-6-12(16)15(18)19)13-10-2-8-1-9(4-10)5-11(13)3-8/h8-13H,1-7H2,(H,18,19). The second-order valence-corrected chi connectivity index (χ2v) is 8.12. The fourth-order valence-electron chi connectivity index (χ4n) is 5.38. The molecule has 0 radical (unpaired) electrons. The van der Waals surface area contributed by atoms with Crippen molar-refractivity contribution in [2.24, 2.45) is 29.6 Å². The zero-order valence-electron chi connectivity index (χ0n) is 11.5. The number of hydrogen-bond acceptors (Lipinski definition) is 3. The van der Waals surface area contributed by atoms with Crippen molar-refractivity contribution in [3.8, 4) is 0 Å². The molecular weight excluding hydrogens is 274 g/mol. The van der Waals surface area contributed by atoms with E-state index in [-0.39, 0.29) is 11.8 Å². The Labute approximate surface area is 123 Å². The first kappa shape index (κ1) is 13.0. The Morgan fingerprint density at radius 1 is 1.00 bits per heavy atom.